The summed E-state index contributed by atoms with van der Waals surface area (Å²) in [6.45, 7) is 4.91. The van der Waals surface area contributed by atoms with E-state index in [4.69, 9.17) is 42.1 Å². The van der Waals surface area contributed by atoms with Gasteiger partial charge in [-0.1, -0.05) is 29.3 Å². The van der Waals surface area contributed by atoms with Crippen LogP contribution in [-0.4, -0.2) is 49.4 Å². The molecule has 32 heavy (non-hydrogen) atoms. The summed E-state index contributed by atoms with van der Waals surface area (Å²) < 4.78 is 21.8. The number of esters is 1. The summed E-state index contributed by atoms with van der Waals surface area (Å²) in [5.74, 6) is -1.30. The van der Waals surface area contributed by atoms with Crippen molar-refractivity contribution in [2.75, 3.05) is 20.8 Å². The number of ether oxygens (including phenoxy) is 4. The molecule has 0 saturated heterocycles. The van der Waals surface area contributed by atoms with E-state index < -0.39 is 29.4 Å². The first-order chi connectivity index (χ1) is 15.1. The second kappa shape index (κ2) is 9.17. The molecule has 0 amide bonds. The van der Waals surface area contributed by atoms with Gasteiger partial charge in [0.15, 0.2) is 17.1 Å². The quantitative estimate of drug-likeness (QED) is 0.628. The molecule has 0 fully saturated rings. The molecule has 3 rings (SSSR count). The number of rotatable bonds is 5. The molecule has 3 atom stereocenters. The summed E-state index contributed by atoms with van der Waals surface area (Å²) in [6.07, 6.45) is 5.29. The van der Waals surface area contributed by atoms with Gasteiger partial charge in [0.05, 0.1) is 25.8 Å². The van der Waals surface area contributed by atoms with Gasteiger partial charge in [0, 0.05) is 5.92 Å². The maximum absolute atomic E-state index is 13.2. The van der Waals surface area contributed by atoms with E-state index in [-0.39, 0.29) is 33.7 Å². The molecule has 1 N–H and O–H groups in total. The van der Waals surface area contributed by atoms with Crippen molar-refractivity contribution in [2.24, 2.45) is 5.92 Å². The first kappa shape index (κ1) is 24.2. The Morgan fingerprint density at radius 3 is 2.47 bits per heavy atom. The molecule has 0 bridgehead atoms. The summed E-state index contributed by atoms with van der Waals surface area (Å²) in [4.78, 5) is 26.2. The number of benzene rings is 1. The first-order valence-electron chi connectivity index (χ1n) is 9.84. The van der Waals surface area contributed by atoms with Gasteiger partial charge in [-0.05, 0) is 50.1 Å². The number of carbonyl (C=O) groups is 2. The Labute approximate surface area is 196 Å². The number of aliphatic hydroxyl groups excluding tert-OH is 1. The minimum atomic E-state index is -1.85. The van der Waals surface area contributed by atoms with E-state index in [1.54, 1.807) is 25.2 Å². The number of halogens is 2. The predicted octanol–water partition coefficient (Wildman–Crippen LogP) is 4.21. The lowest BCUT2D eigenvalue weighted by atomic mass is 9.74. The fraction of sp³-hybridized carbons (Fsp3) is 0.391. The fourth-order valence-corrected chi connectivity index (χ4v) is 4.49. The van der Waals surface area contributed by atoms with Crippen LogP contribution in [0.1, 0.15) is 29.8 Å². The lowest BCUT2D eigenvalue weighted by Gasteiger charge is -2.41. The Morgan fingerprint density at radius 2 is 1.88 bits per heavy atom. The average Bonchev–Trinajstić information content (AvgIpc) is 2.75. The van der Waals surface area contributed by atoms with Crippen molar-refractivity contribution >= 4 is 35.0 Å². The number of hydrogen-bond acceptors (Lipinski definition) is 7. The molecule has 7 nitrogen and oxygen atoms in total. The monoisotopic (exact) mass is 482 g/mol. The Morgan fingerprint density at radius 1 is 1.22 bits per heavy atom. The van der Waals surface area contributed by atoms with Crippen LogP contribution in [0.15, 0.2) is 35.6 Å². The molecule has 1 aromatic rings. The van der Waals surface area contributed by atoms with Gasteiger partial charge in [0.1, 0.15) is 22.4 Å². The van der Waals surface area contributed by atoms with Crippen molar-refractivity contribution in [3.8, 4) is 11.5 Å². The molecule has 1 heterocycles. The van der Waals surface area contributed by atoms with Crippen molar-refractivity contribution in [3.05, 3.63) is 56.8 Å². The highest BCUT2D eigenvalue weighted by Gasteiger charge is 2.52. The zero-order chi connectivity index (χ0) is 23.8. The maximum Gasteiger partial charge on any atom is 0.343 e. The normalized spacial score (nSPS) is 24.9. The second-order valence-electron chi connectivity index (χ2n) is 7.61. The molecule has 0 radical (unpaired) electrons. The number of fused-ring (bicyclic) bond motifs is 1. The van der Waals surface area contributed by atoms with Gasteiger partial charge < -0.3 is 24.1 Å². The van der Waals surface area contributed by atoms with Gasteiger partial charge in [-0.2, -0.15) is 0 Å². The Balaban J connectivity index is 2.01. The Bertz CT molecular complexity index is 1060. The highest BCUT2D eigenvalue weighted by molar-refractivity contribution is 6.39. The SMILES string of the molecule is C/C=C/C1=CC2=CC(=O)[C@](C)(OC(=O)c3c(C)c(Cl)c(OC)c(Cl)c3OC)[C@@H](O)[C@@H]2CO1. The van der Waals surface area contributed by atoms with Crippen LogP contribution in [0.3, 0.4) is 0 Å². The van der Waals surface area contributed by atoms with Crippen LogP contribution in [0.5, 0.6) is 11.5 Å². The fourth-order valence-electron chi connectivity index (χ4n) is 3.83. The molecular formula is C23H24Cl2O7. The van der Waals surface area contributed by atoms with Crippen LogP contribution in [0.4, 0.5) is 0 Å². The Hall–Kier alpha value is -2.48. The Kier molecular flexibility index (Phi) is 6.93. The molecular weight excluding hydrogens is 459 g/mol. The van der Waals surface area contributed by atoms with Crippen LogP contribution in [0.25, 0.3) is 0 Å². The summed E-state index contributed by atoms with van der Waals surface area (Å²) in [5, 5.41) is 11.1. The number of allylic oxidation sites excluding steroid dienone is 3. The van der Waals surface area contributed by atoms with Crippen LogP contribution in [0, 0.1) is 12.8 Å². The lowest BCUT2D eigenvalue weighted by molar-refractivity contribution is -0.152. The van der Waals surface area contributed by atoms with Crippen molar-refractivity contribution in [3.63, 3.8) is 0 Å². The standard InChI is InChI=1S/C23H24Cl2O7/c1-6-7-13-8-12-9-15(26)23(3,21(27)14(12)10-31-13)32-22(28)16-11(2)17(24)20(30-5)18(25)19(16)29-4/h6-9,14,21,27H,10H2,1-5H3/b7-6+/t14-,21+,23+/m1/s1. The minimum absolute atomic E-state index is 0.00655. The second-order valence-corrected chi connectivity index (χ2v) is 8.36. The summed E-state index contributed by atoms with van der Waals surface area (Å²) in [5.41, 5.74) is -1.00. The average molecular weight is 483 g/mol. The molecule has 0 unspecified atom stereocenters. The number of hydrogen-bond donors (Lipinski definition) is 1. The number of carbonyl (C=O) groups excluding carboxylic acids is 2. The van der Waals surface area contributed by atoms with Crippen LogP contribution >= 0.6 is 23.2 Å². The molecule has 1 aliphatic heterocycles. The highest BCUT2D eigenvalue weighted by Crippen LogP contribution is 2.46. The van der Waals surface area contributed by atoms with E-state index >= 15 is 0 Å². The van der Waals surface area contributed by atoms with Crippen molar-refractivity contribution in [1.82, 2.24) is 0 Å². The maximum atomic E-state index is 13.2. The van der Waals surface area contributed by atoms with Crippen LogP contribution in [-0.2, 0) is 14.3 Å². The van der Waals surface area contributed by atoms with Gasteiger partial charge in [0.25, 0.3) is 0 Å². The summed E-state index contributed by atoms with van der Waals surface area (Å²) >= 11 is 12.6. The molecule has 0 aromatic heterocycles. The van der Waals surface area contributed by atoms with Crippen LogP contribution < -0.4 is 9.47 Å². The molecule has 1 aromatic carbocycles. The zero-order valence-electron chi connectivity index (χ0n) is 18.3. The molecule has 0 saturated carbocycles. The third-order valence-corrected chi connectivity index (χ3v) is 6.47. The predicted molar refractivity (Wildman–Crippen MR) is 120 cm³/mol. The number of ketones is 1. The van der Waals surface area contributed by atoms with Gasteiger partial charge in [0.2, 0.25) is 5.78 Å². The van der Waals surface area contributed by atoms with Crippen molar-refractivity contribution in [1.29, 1.82) is 0 Å². The van der Waals surface area contributed by atoms with E-state index in [2.05, 4.69) is 0 Å². The minimum Gasteiger partial charge on any atom is -0.494 e. The smallest absolute Gasteiger partial charge is 0.343 e. The molecule has 2 aliphatic rings. The third kappa shape index (κ3) is 3.89. The van der Waals surface area contributed by atoms with Gasteiger partial charge in [-0.3, -0.25) is 4.79 Å². The number of methoxy groups -OCH3 is 2. The number of aliphatic hydroxyl groups is 1. The van der Waals surface area contributed by atoms with Gasteiger partial charge >= 0.3 is 5.97 Å². The van der Waals surface area contributed by atoms with Crippen molar-refractivity contribution < 1.29 is 33.6 Å². The molecule has 172 valence electrons. The van der Waals surface area contributed by atoms with Crippen LogP contribution in [0.2, 0.25) is 10.0 Å². The van der Waals surface area contributed by atoms with E-state index in [0.717, 1.165) is 0 Å². The highest BCUT2D eigenvalue weighted by atomic mass is 35.5. The third-order valence-electron chi connectivity index (χ3n) is 5.68. The molecule has 9 heteroatoms. The molecule has 1 aliphatic carbocycles. The van der Waals surface area contributed by atoms with Gasteiger partial charge in [-0.25, -0.2) is 4.79 Å². The summed E-state index contributed by atoms with van der Waals surface area (Å²) in [7, 11) is 2.71. The van der Waals surface area contributed by atoms with E-state index in [9.17, 15) is 14.7 Å². The zero-order valence-corrected chi connectivity index (χ0v) is 19.8. The van der Waals surface area contributed by atoms with Crippen molar-refractivity contribution in [2.45, 2.75) is 32.5 Å². The largest absolute Gasteiger partial charge is 0.494 e. The van der Waals surface area contributed by atoms with E-state index in [0.29, 0.717) is 16.9 Å². The summed E-state index contributed by atoms with van der Waals surface area (Å²) in [6, 6.07) is 0. The topological polar surface area (TPSA) is 91.3 Å². The van der Waals surface area contributed by atoms with Gasteiger partial charge in [-0.15, -0.1) is 0 Å². The lowest BCUT2D eigenvalue weighted by Crippen LogP contribution is -2.57. The van der Waals surface area contributed by atoms with E-state index in [1.165, 1.54) is 27.2 Å². The molecule has 0 spiro atoms. The first-order valence-corrected chi connectivity index (χ1v) is 10.6. The van der Waals surface area contributed by atoms with E-state index in [1.807, 2.05) is 6.92 Å².